The number of hydrogen-bond acceptors (Lipinski definition) is 6. The number of ether oxygens (including phenoxy) is 1. The summed E-state index contributed by atoms with van der Waals surface area (Å²) < 4.78 is 37.8. The quantitative estimate of drug-likeness (QED) is 0.314. The van der Waals surface area contributed by atoms with E-state index >= 15 is 0 Å². The van der Waals surface area contributed by atoms with Crippen LogP contribution in [0.1, 0.15) is 48.7 Å². The third-order valence-corrected chi connectivity index (χ3v) is 5.96. The molecule has 0 aliphatic heterocycles. The molecular formula is C19H25ClN2O6S. The number of sulfonamides is 1. The summed E-state index contributed by atoms with van der Waals surface area (Å²) in [6, 6.07) is 5.72. The van der Waals surface area contributed by atoms with E-state index in [9.17, 15) is 18.3 Å². The second kappa shape index (κ2) is 11.2. The summed E-state index contributed by atoms with van der Waals surface area (Å²) in [6.07, 6.45) is 5.56. The molecule has 0 spiro atoms. The van der Waals surface area contributed by atoms with Crippen LogP contribution in [-0.4, -0.2) is 32.8 Å². The van der Waals surface area contributed by atoms with Crippen LogP contribution in [0.3, 0.4) is 0 Å². The minimum absolute atomic E-state index is 0.104. The Morgan fingerprint density at radius 2 is 2.07 bits per heavy atom. The highest BCUT2D eigenvalue weighted by atomic mass is 35.5. The largest absolute Gasteiger partial charge is 0.478 e. The van der Waals surface area contributed by atoms with E-state index in [4.69, 9.17) is 20.8 Å². The van der Waals surface area contributed by atoms with Crippen molar-refractivity contribution in [1.82, 2.24) is 4.72 Å². The van der Waals surface area contributed by atoms with Gasteiger partial charge in [-0.05, 0) is 30.7 Å². The van der Waals surface area contributed by atoms with Crippen molar-refractivity contribution in [3.05, 3.63) is 46.9 Å². The van der Waals surface area contributed by atoms with Gasteiger partial charge < -0.3 is 19.6 Å². The predicted octanol–water partition coefficient (Wildman–Crippen LogP) is 4.08. The number of halogens is 1. The van der Waals surface area contributed by atoms with E-state index in [1.165, 1.54) is 12.3 Å². The van der Waals surface area contributed by atoms with Crippen LogP contribution in [0, 0.1) is 0 Å². The number of aromatic carboxylic acids is 1. The zero-order chi connectivity index (χ0) is 21.3. The zero-order valence-electron chi connectivity index (χ0n) is 16.1. The summed E-state index contributed by atoms with van der Waals surface area (Å²) in [6.45, 7) is 2.54. The number of rotatable bonds is 13. The maximum atomic E-state index is 12.5. The standard InChI is InChI=1S/C19H25ClN2O6S/c1-2-3-4-5-8-27-13-22-29(25,26)18-10-15(19(23)24)17(11-16(18)20)21-12-14-7-6-9-28-14/h6-7,9-11,21-22H,2-5,8,12-13H2,1H3,(H,23,24). The van der Waals surface area contributed by atoms with Crippen molar-refractivity contribution in [3.63, 3.8) is 0 Å². The van der Waals surface area contributed by atoms with Crippen LogP contribution in [0.15, 0.2) is 39.8 Å². The maximum Gasteiger partial charge on any atom is 0.337 e. The van der Waals surface area contributed by atoms with Gasteiger partial charge in [-0.15, -0.1) is 0 Å². The Morgan fingerprint density at radius 3 is 2.72 bits per heavy atom. The van der Waals surface area contributed by atoms with E-state index in [1.807, 2.05) is 0 Å². The molecule has 0 radical (unpaired) electrons. The third-order valence-electron chi connectivity index (χ3n) is 4.12. The van der Waals surface area contributed by atoms with Gasteiger partial charge in [-0.1, -0.05) is 37.8 Å². The lowest BCUT2D eigenvalue weighted by Gasteiger charge is -2.14. The number of benzene rings is 1. The van der Waals surface area contributed by atoms with Crippen molar-refractivity contribution in [3.8, 4) is 0 Å². The van der Waals surface area contributed by atoms with Gasteiger partial charge in [0, 0.05) is 6.61 Å². The van der Waals surface area contributed by atoms with Crippen LogP contribution in [0.4, 0.5) is 5.69 Å². The molecule has 1 aromatic heterocycles. The molecule has 160 valence electrons. The molecule has 0 bridgehead atoms. The van der Waals surface area contributed by atoms with Crippen LogP contribution in [-0.2, 0) is 21.3 Å². The first-order valence-corrected chi connectivity index (χ1v) is 11.1. The second-order valence-corrected chi connectivity index (χ2v) is 8.47. The lowest BCUT2D eigenvalue weighted by Crippen LogP contribution is -2.27. The van der Waals surface area contributed by atoms with Crippen molar-refractivity contribution < 1.29 is 27.5 Å². The van der Waals surface area contributed by atoms with E-state index in [0.717, 1.165) is 31.7 Å². The molecule has 0 saturated carbocycles. The number of furan rings is 1. The number of hydrogen-bond donors (Lipinski definition) is 3. The van der Waals surface area contributed by atoms with Gasteiger partial charge in [0.15, 0.2) is 0 Å². The lowest BCUT2D eigenvalue weighted by molar-refractivity contribution is 0.0697. The normalized spacial score (nSPS) is 11.5. The van der Waals surface area contributed by atoms with Gasteiger partial charge in [0.2, 0.25) is 10.0 Å². The molecule has 0 aliphatic rings. The van der Waals surface area contributed by atoms with Crippen molar-refractivity contribution in [2.24, 2.45) is 0 Å². The van der Waals surface area contributed by atoms with Gasteiger partial charge in [-0.2, -0.15) is 4.72 Å². The molecule has 0 amide bonds. The maximum absolute atomic E-state index is 12.5. The Bertz CT molecular complexity index is 900. The molecule has 1 heterocycles. The molecule has 0 aliphatic carbocycles. The summed E-state index contributed by atoms with van der Waals surface area (Å²) in [5.41, 5.74) is -0.0353. The Labute approximate surface area is 175 Å². The highest BCUT2D eigenvalue weighted by molar-refractivity contribution is 7.89. The number of unbranched alkanes of at least 4 members (excludes halogenated alkanes) is 3. The Balaban J connectivity index is 2.07. The second-order valence-electron chi connectivity index (χ2n) is 6.33. The molecular weight excluding hydrogens is 420 g/mol. The molecule has 2 aromatic rings. The first-order valence-electron chi connectivity index (χ1n) is 9.25. The molecule has 0 fully saturated rings. The average molecular weight is 445 g/mol. The van der Waals surface area contributed by atoms with Gasteiger partial charge in [-0.25, -0.2) is 13.2 Å². The molecule has 8 nitrogen and oxygen atoms in total. The summed E-state index contributed by atoms with van der Waals surface area (Å²) in [5, 5.41) is 12.3. The van der Waals surface area contributed by atoms with Crippen molar-refractivity contribution in [2.45, 2.75) is 44.0 Å². The Kier molecular flexibility index (Phi) is 8.97. The molecule has 3 N–H and O–H groups in total. The van der Waals surface area contributed by atoms with Crippen LogP contribution < -0.4 is 10.0 Å². The van der Waals surface area contributed by atoms with E-state index in [2.05, 4.69) is 17.0 Å². The molecule has 0 unspecified atom stereocenters. The van der Waals surface area contributed by atoms with Gasteiger partial charge in [-0.3, -0.25) is 0 Å². The fourth-order valence-electron chi connectivity index (χ4n) is 2.58. The SMILES string of the molecule is CCCCCCOCNS(=O)(=O)c1cc(C(=O)O)c(NCc2ccco2)cc1Cl. The van der Waals surface area contributed by atoms with Crippen molar-refractivity contribution >= 4 is 33.3 Å². The van der Waals surface area contributed by atoms with Gasteiger partial charge in [0.25, 0.3) is 0 Å². The Morgan fingerprint density at radius 1 is 1.28 bits per heavy atom. The Hall–Kier alpha value is -2.07. The van der Waals surface area contributed by atoms with Crippen LogP contribution in [0.2, 0.25) is 5.02 Å². The van der Waals surface area contributed by atoms with Gasteiger partial charge in [0.1, 0.15) is 17.4 Å². The first-order chi connectivity index (χ1) is 13.8. The summed E-state index contributed by atoms with van der Waals surface area (Å²) in [4.78, 5) is 11.3. The third kappa shape index (κ3) is 7.04. The summed E-state index contributed by atoms with van der Waals surface area (Å²) in [5.74, 6) is -0.695. The fraction of sp³-hybridized carbons (Fsp3) is 0.421. The average Bonchev–Trinajstić information content (AvgIpc) is 3.18. The lowest BCUT2D eigenvalue weighted by atomic mass is 10.1. The molecule has 0 saturated heterocycles. The van der Waals surface area contributed by atoms with Gasteiger partial charge >= 0.3 is 5.97 Å². The van der Waals surface area contributed by atoms with E-state index in [-0.39, 0.29) is 34.4 Å². The first kappa shape index (κ1) is 23.2. The van der Waals surface area contributed by atoms with Gasteiger partial charge in [0.05, 0.1) is 29.1 Å². The van der Waals surface area contributed by atoms with E-state index < -0.39 is 16.0 Å². The monoisotopic (exact) mass is 444 g/mol. The van der Waals surface area contributed by atoms with Crippen LogP contribution in [0.25, 0.3) is 0 Å². The van der Waals surface area contributed by atoms with Crippen LogP contribution in [0.5, 0.6) is 0 Å². The summed E-state index contributed by atoms with van der Waals surface area (Å²) in [7, 11) is -4.04. The predicted molar refractivity (Wildman–Crippen MR) is 110 cm³/mol. The molecule has 2 rings (SSSR count). The van der Waals surface area contributed by atoms with E-state index in [0.29, 0.717) is 12.4 Å². The molecule has 29 heavy (non-hydrogen) atoms. The summed E-state index contributed by atoms with van der Waals surface area (Å²) >= 11 is 6.13. The zero-order valence-corrected chi connectivity index (χ0v) is 17.7. The molecule has 1 aromatic carbocycles. The number of carbonyl (C=O) groups is 1. The number of nitrogens with one attached hydrogen (secondary N) is 2. The van der Waals surface area contributed by atoms with Crippen LogP contribution >= 0.6 is 11.6 Å². The van der Waals surface area contributed by atoms with Crippen molar-refractivity contribution in [2.75, 3.05) is 18.7 Å². The number of carboxylic acids is 1. The van der Waals surface area contributed by atoms with E-state index in [1.54, 1.807) is 12.1 Å². The minimum Gasteiger partial charge on any atom is -0.478 e. The highest BCUT2D eigenvalue weighted by Crippen LogP contribution is 2.29. The number of anilines is 1. The fourth-order valence-corrected chi connectivity index (χ4v) is 4.03. The highest BCUT2D eigenvalue weighted by Gasteiger charge is 2.23. The smallest absolute Gasteiger partial charge is 0.337 e. The minimum atomic E-state index is -4.04. The molecule has 10 heteroatoms. The molecule has 0 atom stereocenters. The number of carboxylic acid groups (broad SMARTS) is 1. The van der Waals surface area contributed by atoms with Crippen molar-refractivity contribution in [1.29, 1.82) is 0 Å². The topological polar surface area (TPSA) is 118 Å².